The summed E-state index contributed by atoms with van der Waals surface area (Å²) in [5, 5.41) is 2.48. The van der Waals surface area contributed by atoms with Crippen LogP contribution in [0.4, 0.5) is 0 Å². The topological polar surface area (TPSA) is 87.8 Å². The number of hydrogen-bond donors (Lipinski definition) is 2. The summed E-state index contributed by atoms with van der Waals surface area (Å²) < 4.78 is 1.25. The average Bonchev–Trinajstić information content (AvgIpc) is 2.14. The van der Waals surface area contributed by atoms with Crippen molar-refractivity contribution in [3.8, 4) is 0 Å². The zero-order valence-electron chi connectivity index (χ0n) is 8.48. The van der Waals surface area contributed by atoms with Crippen LogP contribution in [0, 0.1) is 5.92 Å². The van der Waals surface area contributed by atoms with Gasteiger partial charge in [-0.05, 0) is 6.08 Å². The molecule has 0 aliphatic rings. The highest BCUT2D eigenvalue weighted by molar-refractivity contribution is 14.1. The molecule has 0 unspecified atom stereocenters. The van der Waals surface area contributed by atoms with Crippen LogP contribution < -0.4 is 11.2 Å². The average molecular weight is 324 g/mol. The fourth-order valence-electron chi connectivity index (χ4n) is 0.586. The van der Waals surface area contributed by atoms with Gasteiger partial charge in [-0.1, -0.05) is 13.8 Å². The second-order valence-corrected chi connectivity index (χ2v) is 4.04. The van der Waals surface area contributed by atoms with Crippen molar-refractivity contribution in [2.75, 3.05) is 0 Å². The van der Waals surface area contributed by atoms with Crippen LogP contribution in [0.5, 0.6) is 0 Å². The molecule has 6 nitrogen and oxygen atoms in total. The van der Waals surface area contributed by atoms with E-state index in [1.165, 1.54) is 15.5 Å². The van der Waals surface area contributed by atoms with Crippen molar-refractivity contribution < 1.29 is 9.59 Å². The van der Waals surface area contributed by atoms with Crippen LogP contribution in [0.2, 0.25) is 0 Å². The van der Waals surface area contributed by atoms with Crippen molar-refractivity contribution in [3.05, 3.63) is 12.3 Å². The van der Waals surface area contributed by atoms with Crippen LogP contribution in [-0.4, -0.2) is 21.4 Å². The minimum Gasteiger partial charge on any atom is -0.310 e. The van der Waals surface area contributed by atoms with E-state index in [0.29, 0.717) is 6.41 Å². The summed E-state index contributed by atoms with van der Waals surface area (Å²) in [7, 11) is 0. The Hall–Kier alpha value is -0.960. The Morgan fingerprint density at radius 2 is 2.20 bits per heavy atom. The first-order chi connectivity index (χ1) is 6.97. The quantitative estimate of drug-likeness (QED) is 0.149. The maximum Gasteiger partial charge on any atom is 0.234 e. The monoisotopic (exact) mass is 324 g/mol. The number of rotatable bonds is 4. The molecule has 0 saturated heterocycles. The molecule has 0 bridgehead atoms. The summed E-state index contributed by atoms with van der Waals surface area (Å²) in [6, 6.07) is 0. The predicted octanol–water partition coefficient (Wildman–Crippen LogP) is 0.353. The number of nitrogens with two attached hydrogens (primary N) is 1. The fraction of sp³-hybridized carbons (Fsp3) is 0.375. The van der Waals surface area contributed by atoms with Crippen LogP contribution >= 0.6 is 22.9 Å². The molecule has 0 rings (SSSR count). The molecule has 15 heavy (non-hydrogen) atoms. The Morgan fingerprint density at radius 3 is 2.60 bits per heavy atom. The highest BCUT2D eigenvalue weighted by atomic mass is 127. The van der Waals surface area contributed by atoms with Gasteiger partial charge in [-0.25, -0.2) is 5.84 Å². The number of nitrogens with one attached hydrogen (secondary N) is 1. The summed E-state index contributed by atoms with van der Waals surface area (Å²) in [5.41, 5.74) is 0. The lowest BCUT2D eigenvalue weighted by Crippen LogP contribution is -2.33. The Morgan fingerprint density at radius 1 is 1.60 bits per heavy atom. The Bertz CT molecular complexity index is 286. The normalized spacial score (nSPS) is 11.9. The molecule has 0 aliphatic heterocycles. The van der Waals surface area contributed by atoms with E-state index in [1.54, 1.807) is 13.8 Å². The third-order valence-electron chi connectivity index (χ3n) is 1.34. The van der Waals surface area contributed by atoms with Gasteiger partial charge in [0, 0.05) is 12.1 Å². The molecule has 0 radical (unpaired) electrons. The second kappa shape index (κ2) is 7.35. The number of hydrogen-bond acceptors (Lipinski definition) is 4. The summed E-state index contributed by atoms with van der Waals surface area (Å²) in [5.74, 6) is 5.08. The van der Waals surface area contributed by atoms with Gasteiger partial charge >= 0.3 is 0 Å². The van der Waals surface area contributed by atoms with E-state index in [9.17, 15) is 9.59 Å². The van der Waals surface area contributed by atoms with Gasteiger partial charge in [0.2, 0.25) is 12.3 Å². The van der Waals surface area contributed by atoms with E-state index in [0.717, 1.165) is 0 Å². The molecule has 0 spiro atoms. The number of aliphatic imine (C=N–C) groups is 1. The van der Waals surface area contributed by atoms with Gasteiger partial charge in [0.15, 0.2) is 0 Å². The number of carbonyl (C=O) groups is 2. The first-order valence-electron chi connectivity index (χ1n) is 4.17. The van der Waals surface area contributed by atoms with E-state index in [1.807, 2.05) is 22.9 Å². The predicted molar refractivity (Wildman–Crippen MR) is 65.7 cm³/mol. The molecule has 84 valence electrons. The van der Waals surface area contributed by atoms with Gasteiger partial charge in [0.05, 0.1) is 22.9 Å². The van der Waals surface area contributed by atoms with Crippen LogP contribution in [-0.2, 0) is 9.59 Å². The molecular weight excluding hydrogens is 311 g/mol. The van der Waals surface area contributed by atoms with Gasteiger partial charge in [-0.2, -0.15) is 4.99 Å². The van der Waals surface area contributed by atoms with Crippen molar-refractivity contribution in [2.45, 2.75) is 13.8 Å². The second-order valence-electron chi connectivity index (χ2n) is 2.92. The van der Waals surface area contributed by atoms with Crippen LogP contribution in [0.3, 0.4) is 0 Å². The third-order valence-corrected chi connectivity index (χ3v) is 1.66. The maximum absolute atomic E-state index is 11.3. The molecule has 2 amide bonds. The first-order valence-corrected chi connectivity index (χ1v) is 5.14. The van der Waals surface area contributed by atoms with Gasteiger partial charge in [-0.3, -0.25) is 12.8 Å². The molecule has 0 heterocycles. The smallest absolute Gasteiger partial charge is 0.234 e. The lowest BCUT2D eigenvalue weighted by molar-refractivity contribution is -0.122. The van der Waals surface area contributed by atoms with Crippen molar-refractivity contribution in [1.82, 2.24) is 8.54 Å². The number of carbonyl (C=O) groups excluding carboxylic acids is 2. The van der Waals surface area contributed by atoms with E-state index in [4.69, 9.17) is 5.84 Å². The fourth-order valence-corrected chi connectivity index (χ4v) is 0.747. The number of halogens is 1. The largest absolute Gasteiger partial charge is 0.310 e. The Labute approximate surface area is 102 Å². The summed E-state index contributed by atoms with van der Waals surface area (Å²) in [6.45, 7) is 3.48. The van der Waals surface area contributed by atoms with Crippen molar-refractivity contribution in [3.63, 3.8) is 0 Å². The van der Waals surface area contributed by atoms with Gasteiger partial charge in [-0.15, -0.1) is 0 Å². The minimum absolute atomic E-state index is 0.163. The van der Waals surface area contributed by atoms with Gasteiger partial charge in [0.1, 0.15) is 5.84 Å². The zero-order chi connectivity index (χ0) is 11.8. The van der Waals surface area contributed by atoms with Crippen LogP contribution in [0.15, 0.2) is 17.3 Å². The molecule has 0 aromatic heterocycles. The van der Waals surface area contributed by atoms with Gasteiger partial charge < -0.3 is 5.32 Å². The molecule has 0 saturated carbocycles. The number of amides is 2. The summed E-state index contributed by atoms with van der Waals surface area (Å²) in [6.07, 6.45) is 3.25. The molecule has 0 aromatic rings. The zero-order valence-corrected chi connectivity index (χ0v) is 10.6. The third kappa shape index (κ3) is 7.03. The minimum atomic E-state index is -0.211. The highest BCUT2D eigenvalue weighted by Gasteiger charge is 2.07. The number of amidine groups is 1. The van der Waals surface area contributed by atoms with Crippen molar-refractivity contribution in [1.29, 1.82) is 0 Å². The van der Waals surface area contributed by atoms with Crippen molar-refractivity contribution >= 4 is 41.0 Å². The molecule has 3 N–H and O–H groups in total. The number of hydrazine groups is 1. The molecule has 0 aliphatic carbocycles. The number of nitrogens with zero attached hydrogens (tertiary/aromatic N) is 2. The van der Waals surface area contributed by atoms with E-state index in [2.05, 4.69) is 10.3 Å². The SMILES string of the molecule is CC(C)C(=O)NC(/C=C\N(N)I)=N/C=O. The lowest BCUT2D eigenvalue weighted by Gasteiger charge is -2.07. The molecule has 0 aromatic carbocycles. The van der Waals surface area contributed by atoms with Gasteiger partial charge in [0.25, 0.3) is 0 Å². The van der Waals surface area contributed by atoms with E-state index < -0.39 is 0 Å². The molecular formula is C8H13IN4O2. The summed E-state index contributed by atoms with van der Waals surface area (Å²) >= 11 is 1.82. The standard InChI is InChI=1S/C8H13IN4O2/c1-6(2)8(15)12-7(11-5-14)3-4-13(9)10/h3-6H,10H2,1-2H3,(H,11,12,14,15)/b4-3-. The Kier molecular flexibility index (Phi) is 6.88. The molecule has 0 fully saturated rings. The van der Waals surface area contributed by atoms with Crippen LogP contribution in [0.25, 0.3) is 0 Å². The van der Waals surface area contributed by atoms with E-state index >= 15 is 0 Å². The Balaban J connectivity index is 4.49. The summed E-state index contributed by atoms with van der Waals surface area (Å²) in [4.78, 5) is 24.9. The van der Waals surface area contributed by atoms with Crippen LogP contribution in [0.1, 0.15) is 13.8 Å². The molecule has 7 heteroatoms. The highest BCUT2D eigenvalue weighted by Crippen LogP contribution is 1.93. The lowest BCUT2D eigenvalue weighted by atomic mass is 10.2. The van der Waals surface area contributed by atoms with Crippen molar-refractivity contribution in [2.24, 2.45) is 16.8 Å². The van der Waals surface area contributed by atoms with E-state index in [-0.39, 0.29) is 17.7 Å². The maximum atomic E-state index is 11.3. The molecule has 0 atom stereocenters. The first kappa shape index (κ1) is 14.0.